The van der Waals surface area contributed by atoms with Crippen LogP contribution in [0.15, 0.2) is 54.6 Å². The molecule has 5 heteroatoms. The summed E-state index contributed by atoms with van der Waals surface area (Å²) in [5.41, 5.74) is 2.03. The van der Waals surface area contributed by atoms with E-state index in [1.807, 2.05) is 49.4 Å². The van der Waals surface area contributed by atoms with Crippen molar-refractivity contribution >= 4 is 23.6 Å². The van der Waals surface area contributed by atoms with E-state index < -0.39 is 0 Å². The van der Waals surface area contributed by atoms with E-state index in [1.165, 1.54) is 5.56 Å². The molecule has 1 aliphatic rings. The molecule has 1 heterocycles. The first kappa shape index (κ1) is 20.4. The molecule has 0 aliphatic carbocycles. The van der Waals surface area contributed by atoms with Crippen molar-refractivity contribution in [3.8, 4) is 5.75 Å². The van der Waals surface area contributed by atoms with Gasteiger partial charge in [0.25, 0.3) is 0 Å². The summed E-state index contributed by atoms with van der Waals surface area (Å²) in [7, 11) is 0. The minimum atomic E-state index is -0.120. The summed E-state index contributed by atoms with van der Waals surface area (Å²) >= 11 is 6.04. The molecule has 0 saturated carbocycles. The number of hydrogen-bond donors (Lipinski definition) is 1. The zero-order valence-corrected chi connectivity index (χ0v) is 16.9. The third-order valence-electron chi connectivity index (χ3n) is 5.13. The summed E-state index contributed by atoms with van der Waals surface area (Å²) in [4.78, 5) is 12.4. The number of ether oxygens (including phenoxy) is 2. The first-order valence-corrected chi connectivity index (χ1v) is 10.0. The van der Waals surface area contributed by atoms with Crippen LogP contribution in [0.2, 0.25) is 5.02 Å². The number of nitrogens with one attached hydrogen (secondary N) is 1. The van der Waals surface area contributed by atoms with Gasteiger partial charge in [-0.05, 0) is 61.2 Å². The highest BCUT2D eigenvalue weighted by molar-refractivity contribution is 6.30. The van der Waals surface area contributed by atoms with Crippen LogP contribution in [0.5, 0.6) is 5.75 Å². The number of amides is 1. The average molecular weight is 400 g/mol. The first-order valence-electron chi connectivity index (χ1n) is 9.64. The van der Waals surface area contributed by atoms with Crippen LogP contribution in [0.3, 0.4) is 0 Å². The van der Waals surface area contributed by atoms with Crippen molar-refractivity contribution in [2.45, 2.75) is 25.2 Å². The Morgan fingerprint density at radius 2 is 1.82 bits per heavy atom. The molecule has 0 unspecified atom stereocenters. The highest BCUT2D eigenvalue weighted by atomic mass is 35.5. The second-order valence-corrected chi connectivity index (χ2v) is 7.39. The fourth-order valence-electron chi connectivity index (χ4n) is 3.46. The van der Waals surface area contributed by atoms with Crippen LogP contribution in [0.25, 0.3) is 6.08 Å². The van der Waals surface area contributed by atoms with Gasteiger partial charge < -0.3 is 14.8 Å². The van der Waals surface area contributed by atoms with E-state index in [9.17, 15) is 4.79 Å². The van der Waals surface area contributed by atoms with Crippen molar-refractivity contribution < 1.29 is 14.3 Å². The Morgan fingerprint density at radius 3 is 2.46 bits per heavy atom. The third-order valence-corrected chi connectivity index (χ3v) is 5.38. The average Bonchev–Trinajstić information content (AvgIpc) is 2.73. The van der Waals surface area contributed by atoms with Gasteiger partial charge in [-0.15, -0.1) is 0 Å². The van der Waals surface area contributed by atoms with Crippen molar-refractivity contribution in [2.75, 3.05) is 26.4 Å². The minimum Gasteiger partial charge on any atom is -0.494 e. The molecule has 2 aromatic carbocycles. The molecular formula is C23H26ClNO3. The van der Waals surface area contributed by atoms with E-state index in [-0.39, 0.29) is 11.3 Å². The van der Waals surface area contributed by atoms with Gasteiger partial charge in [0.05, 0.1) is 6.61 Å². The zero-order valence-electron chi connectivity index (χ0n) is 16.1. The van der Waals surface area contributed by atoms with Gasteiger partial charge in [0.15, 0.2) is 0 Å². The molecule has 3 rings (SSSR count). The lowest BCUT2D eigenvalue weighted by Crippen LogP contribution is -2.44. The lowest BCUT2D eigenvalue weighted by Gasteiger charge is -2.37. The number of halogens is 1. The number of carbonyl (C=O) groups excluding carboxylic acids is 1. The Kier molecular flexibility index (Phi) is 7.12. The molecule has 0 spiro atoms. The smallest absolute Gasteiger partial charge is 0.244 e. The van der Waals surface area contributed by atoms with Gasteiger partial charge >= 0.3 is 0 Å². The van der Waals surface area contributed by atoms with Crippen molar-refractivity contribution in [1.82, 2.24) is 5.32 Å². The zero-order chi connectivity index (χ0) is 19.8. The van der Waals surface area contributed by atoms with Crippen molar-refractivity contribution in [1.29, 1.82) is 0 Å². The Balaban J connectivity index is 1.62. The highest BCUT2D eigenvalue weighted by Crippen LogP contribution is 2.34. The Labute approximate surface area is 171 Å². The summed E-state index contributed by atoms with van der Waals surface area (Å²) < 4.78 is 11.0. The molecule has 148 valence electrons. The lowest BCUT2D eigenvalue weighted by atomic mass is 9.74. The molecule has 0 bridgehead atoms. The van der Waals surface area contributed by atoms with Gasteiger partial charge in [-0.1, -0.05) is 35.9 Å². The molecule has 1 fully saturated rings. The van der Waals surface area contributed by atoms with Crippen molar-refractivity contribution in [3.63, 3.8) is 0 Å². The fraction of sp³-hybridized carbons (Fsp3) is 0.348. The quantitative estimate of drug-likeness (QED) is 0.691. The van der Waals surface area contributed by atoms with Crippen LogP contribution in [-0.2, 0) is 14.9 Å². The topological polar surface area (TPSA) is 47.6 Å². The third kappa shape index (κ3) is 5.37. The van der Waals surface area contributed by atoms with E-state index in [2.05, 4.69) is 17.4 Å². The predicted molar refractivity (Wildman–Crippen MR) is 113 cm³/mol. The second kappa shape index (κ2) is 9.76. The normalized spacial score (nSPS) is 16.1. The van der Waals surface area contributed by atoms with Crippen LogP contribution in [0.1, 0.15) is 30.9 Å². The molecule has 4 nitrogen and oxygen atoms in total. The van der Waals surface area contributed by atoms with Crippen LogP contribution in [-0.4, -0.2) is 32.3 Å². The molecule has 0 radical (unpaired) electrons. The van der Waals surface area contributed by atoms with E-state index in [1.54, 1.807) is 6.08 Å². The summed E-state index contributed by atoms with van der Waals surface area (Å²) in [6, 6.07) is 15.6. The monoisotopic (exact) mass is 399 g/mol. The molecule has 1 N–H and O–H groups in total. The summed E-state index contributed by atoms with van der Waals surface area (Å²) in [5.74, 6) is 0.724. The van der Waals surface area contributed by atoms with Crippen LogP contribution < -0.4 is 10.1 Å². The van der Waals surface area contributed by atoms with Crippen molar-refractivity contribution in [3.05, 3.63) is 70.8 Å². The summed E-state index contributed by atoms with van der Waals surface area (Å²) in [5, 5.41) is 3.79. The lowest BCUT2D eigenvalue weighted by molar-refractivity contribution is -0.116. The van der Waals surface area contributed by atoms with E-state index >= 15 is 0 Å². The molecular weight excluding hydrogens is 374 g/mol. The largest absolute Gasteiger partial charge is 0.494 e. The maximum atomic E-state index is 12.4. The van der Waals surface area contributed by atoms with Gasteiger partial charge in [0.2, 0.25) is 5.91 Å². The molecule has 2 aromatic rings. The summed E-state index contributed by atoms with van der Waals surface area (Å²) in [6.45, 7) is 4.55. The van der Waals surface area contributed by atoms with Gasteiger partial charge in [0, 0.05) is 36.3 Å². The molecule has 1 saturated heterocycles. The van der Waals surface area contributed by atoms with E-state index in [0.29, 0.717) is 31.4 Å². The SMILES string of the molecule is CCOc1ccc(/C=C/C(=O)NCC2(c3ccc(Cl)cc3)CCOCC2)cc1. The Hall–Kier alpha value is -2.30. The second-order valence-electron chi connectivity index (χ2n) is 6.95. The van der Waals surface area contributed by atoms with Crippen molar-refractivity contribution in [2.24, 2.45) is 0 Å². The Bertz CT molecular complexity index is 794. The number of rotatable bonds is 7. The molecule has 1 amide bonds. The fourth-order valence-corrected chi connectivity index (χ4v) is 3.59. The number of benzene rings is 2. The predicted octanol–water partition coefficient (Wildman–Crippen LogP) is 4.62. The van der Waals surface area contributed by atoms with Gasteiger partial charge in [-0.25, -0.2) is 0 Å². The van der Waals surface area contributed by atoms with E-state index in [0.717, 1.165) is 24.2 Å². The molecule has 1 aliphatic heterocycles. The Morgan fingerprint density at radius 1 is 1.14 bits per heavy atom. The first-order chi connectivity index (χ1) is 13.6. The van der Waals surface area contributed by atoms with Gasteiger partial charge in [-0.2, -0.15) is 0 Å². The molecule has 0 atom stereocenters. The van der Waals surface area contributed by atoms with Gasteiger partial charge in [0.1, 0.15) is 5.75 Å². The van der Waals surface area contributed by atoms with Crippen LogP contribution >= 0.6 is 11.6 Å². The van der Waals surface area contributed by atoms with Crippen LogP contribution in [0, 0.1) is 0 Å². The molecule has 0 aromatic heterocycles. The maximum absolute atomic E-state index is 12.4. The maximum Gasteiger partial charge on any atom is 0.244 e. The number of hydrogen-bond acceptors (Lipinski definition) is 3. The molecule has 28 heavy (non-hydrogen) atoms. The van der Waals surface area contributed by atoms with E-state index in [4.69, 9.17) is 21.1 Å². The highest BCUT2D eigenvalue weighted by Gasteiger charge is 2.34. The van der Waals surface area contributed by atoms with Gasteiger partial charge in [-0.3, -0.25) is 4.79 Å². The number of carbonyl (C=O) groups is 1. The van der Waals surface area contributed by atoms with Crippen LogP contribution in [0.4, 0.5) is 0 Å². The summed E-state index contributed by atoms with van der Waals surface area (Å²) in [6.07, 6.45) is 5.13. The minimum absolute atomic E-state index is 0.103. The standard InChI is InChI=1S/C23H26ClNO3/c1-2-28-21-10-3-18(4-11-21)5-12-22(26)25-17-23(13-15-27-16-14-23)19-6-8-20(24)9-7-19/h3-12H,2,13-17H2,1H3,(H,25,26)/b12-5+.